The molecule has 0 bridgehead atoms. The average Bonchev–Trinajstić information content (AvgIpc) is 3.08. The number of hydrogen-bond donors (Lipinski definition) is 2. The summed E-state index contributed by atoms with van der Waals surface area (Å²) in [7, 11) is 0. The van der Waals surface area contributed by atoms with Crippen molar-refractivity contribution in [2.75, 3.05) is 0 Å². The fourth-order valence-corrected chi connectivity index (χ4v) is 3.56. The molecule has 3 rings (SSSR count). The number of halogens is 7. The molecule has 14 heteroatoms. The summed E-state index contributed by atoms with van der Waals surface area (Å²) in [6.45, 7) is -0.687. The van der Waals surface area contributed by atoms with Gasteiger partial charge in [-0.15, -0.1) is 5.10 Å². The minimum absolute atomic E-state index is 0.178. The third-order valence-corrected chi connectivity index (χ3v) is 5.41. The number of alkyl halides is 6. The monoisotopic (exact) mass is 536 g/mol. The van der Waals surface area contributed by atoms with Crippen LogP contribution in [-0.2, 0) is 24.1 Å². The van der Waals surface area contributed by atoms with E-state index in [2.05, 4.69) is 10.4 Å². The van der Waals surface area contributed by atoms with Crippen molar-refractivity contribution >= 4 is 17.5 Å². The lowest BCUT2D eigenvalue weighted by Gasteiger charge is -2.19. The van der Waals surface area contributed by atoms with Gasteiger partial charge in [0.05, 0.1) is 18.2 Å². The quantitative estimate of drug-likeness (QED) is 0.443. The van der Waals surface area contributed by atoms with Gasteiger partial charge in [0.1, 0.15) is 6.54 Å². The molecule has 1 aromatic heterocycles. The molecule has 36 heavy (non-hydrogen) atoms. The number of aromatic nitrogens is 3. The molecule has 1 unspecified atom stereocenters. The molecule has 194 valence electrons. The van der Waals surface area contributed by atoms with E-state index in [-0.39, 0.29) is 17.0 Å². The molecule has 0 aliphatic rings. The Balaban J connectivity index is 1.90. The van der Waals surface area contributed by atoms with E-state index in [0.717, 1.165) is 6.07 Å². The SMILES string of the molecule is CC(NC(=O)Cn1nc(-c2ccc(Cl)cc2)n(C[C@H](O)C(F)(F)F)c1=O)c1ccccc1C(F)(F)F. The van der Waals surface area contributed by atoms with Crippen LogP contribution in [0.3, 0.4) is 0 Å². The second-order valence-corrected chi connectivity index (χ2v) is 8.25. The van der Waals surface area contributed by atoms with Gasteiger partial charge in [0.2, 0.25) is 5.91 Å². The summed E-state index contributed by atoms with van der Waals surface area (Å²) in [5.74, 6) is -1.19. The predicted molar refractivity (Wildman–Crippen MR) is 117 cm³/mol. The number of carbonyl (C=O) groups is 1. The number of benzene rings is 2. The number of rotatable bonds is 7. The van der Waals surface area contributed by atoms with Crippen LogP contribution in [0.15, 0.2) is 53.3 Å². The van der Waals surface area contributed by atoms with Crippen molar-refractivity contribution in [3.8, 4) is 11.4 Å². The van der Waals surface area contributed by atoms with Gasteiger partial charge in [-0.25, -0.2) is 9.48 Å². The first kappa shape index (κ1) is 27.3. The van der Waals surface area contributed by atoms with Crippen LogP contribution in [-0.4, -0.2) is 37.6 Å². The van der Waals surface area contributed by atoms with E-state index in [1.165, 1.54) is 49.4 Å². The van der Waals surface area contributed by atoms with Gasteiger partial charge >= 0.3 is 18.0 Å². The maximum atomic E-state index is 13.3. The smallest absolute Gasteiger partial charge is 0.382 e. The summed E-state index contributed by atoms with van der Waals surface area (Å²) in [6.07, 6.45) is -12.6. The third kappa shape index (κ3) is 6.26. The molecule has 1 amide bonds. The summed E-state index contributed by atoms with van der Waals surface area (Å²) in [5, 5.41) is 16.1. The zero-order valence-electron chi connectivity index (χ0n) is 18.4. The van der Waals surface area contributed by atoms with Gasteiger partial charge in [-0.1, -0.05) is 29.8 Å². The van der Waals surface area contributed by atoms with E-state index in [4.69, 9.17) is 11.6 Å². The summed E-state index contributed by atoms with van der Waals surface area (Å²) in [6, 6.07) is 9.04. The lowest BCUT2D eigenvalue weighted by molar-refractivity contribution is -0.207. The molecule has 0 fully saturated rings. The Bertz CT molecular complexity index is 1280. The van der Waals surface area contributed by atoms with Crippen molar-refractivity contribution in [1.82, 2.24) is 19.7 Å². The van der Waals surface area contributed by atoms with Gasteiger partial charge in [0.15, 0.2) is 11.9 Å². The highest BCUT2D eigenvalue weighted by molar-refractivity contribution is 6.30. The second-order valence-electron chi connectivity index (χ2n) is 7.81. The van der Waals surface area contributed by atoms with E-state index in [0.29, 0.717) is 14.3 Å². The zero-order valence-corrected chi connectivity index (χ0v) is 19.2. The molecule has 0 radical (unpaired) electrons. The van der Waals surface area contributed by atoms with Gasteiger partial charge in [-0.3, -0.25) is 9.36 Å². The maximum absolute atomic E-state index is 13.3. The molecule has 1 heterocycles. The van der Waals surface area contributed by atoms with E-state index < -0.39 is 54.7 Å². The largest absolute Gasteiger partial charge is 0.416 e. The molecule has 2 atom stereocenters. The first-order valence-corrected chi connectivity index (χ1v) is 10.7. The molecule has 0 aliphatic carbocycles. The Labute approximate surface area is 204 Å². The predicted octanol–water partition coefficient (Wildman–Crippen LogP) is 4.18. The highest BCUT2D eigenvalue weighted by Crippen LogP contribution is 2.34. The molecule has 2 aromatic carbocycles. The van der Waals surface area contributed by atoms with E-state index in [9.17, 15) is 41.0 Å². The van der Waals surface area contributed by atoms with Gasteiger partial charge in [0, 0.05) is 10.6 Å². The van der Waals surface area contributed by atoms with Crippen LogP contribution in [0, 0.1) is 0 Å². The minimum atomic E-state index is -5.03. The second kappa shape index (κ2) is 10.3. The number of nitrogens with one attached hydrogen (secondary N) is 1. The molecule has 0 saturated carbocycles. The summed E-state index contributed by atoms with van der Waals surface area (Å²) in [4.78, 5) is 25.3. The van der Waals surface area contributed by atoms with E-state index in [1.807, 2.05) is 0 Å². The number of amides is 1. The first-order chi connectivity index (χ1) is 16.7. The van der Waals surface area contributed by atoms with Crippen molar-refractivity contribution in [3.63, 3.8) is 0 Å². The molecule has 7 nitrogen and oxygen atoms in total. The number of aliphatic hydroxyl groups excluding tert-OH is 1. The molecular weight excluding hydrogens is 518 g/mol. The van der Waals surface area contributed by atoms with Crippen LogP contribution in [0.1, 0.15) is 24.1 Å². The fraction of sp³-hybridized carbons (Fsp3) is 0.318. The highest BCUT2D eigenvalue weighted by atomic mass is 35.5. The van der Waals surface area contributed by atoms with Crippen LogP contribution in [0.4, 0.5) is 26.3 Å². The van der Waals surface area contributed by atoms with Gasteiger partial charge in [-0.2, -0.15) is 26.3 Å². The van der Waals surface area contributed by atoms with Crippen molar-refractivity contribution in [3.05, 3.63) is 75.2 Å². The number of carbonyl (C=O) groups excluding carboxylic acids is 1. The lowest BCUT2D eigenvalue weighted by atomic mass is 10.0. The Kier molecular flexibility index (Phi) is 7.84. The Hall–Kier alpha value is -3.32. The lowest BCUT2D eigenvalue weighted by Crippen LogP contribution is -2.39. The van der Waals surface area contributed by atoms with Crippen LogP contribution in [0.2, 0.25) is 5.02 Å². The Morgan fingerprint density at radius 1 is 1.08 bits per heavy atom. The average molecular weight is 537 g/mol. The first-order valence-electron chi connectivity index (χ1n) is 10.3. The van der Waals surface area contributed by atoms with Gasteiger partial charge in [-0.05, 0) is 42.8 Å². The number of hydrogen-bond acceptors (Lipinski definition) is 4. The highest BCUT2D eigenvalue weighted by Gasteiger charge is 2.39. The normalized spacial score (nSPS) is 13.9. The topological polar surface area (TPSA) is 89.2 Å². The molecule has 3 aromatic rings. The summed E-state index contributed by atoms with van der Waals surface area (Å²) in [5.41, 5.74) is -2.13. The standard InChI is InChI=1S/C22H19ClF6N4O3/c1-12(15-4-2-3-5-16(15)21(24,25)26)30-18(35)11-33-20(36)32(10-17(34)22(27,28)29)19(31-33)13-6-8-14(23)9-7-13/h2-9,12,17,34H,10-11H2,1H3,(H,30,35)/t12?,17-/m0/s1. The number of aliphatic hydroxyl groups is 1. The van der Waals surface area contributed by atoms with Gasteiger partial charge < -0.3 is 10.4 Å². The van der Waals surface area contributed by atoms with Crippen LogP contribution >= 0.6 is 11.6 Å². The summed E-state index contributed by atoms with van der Waals surface area (Å²) < 4.78 is 79.8. The zero-order chi connectivity index (χ0) is 26.8. The van der Waals surface area contributed by atoms with Crippen LogP contribution in [0.5, 0.6) is 0 Å². The van der Waals surface area contributed by atoms with Gasteiger partial charge in [0.25, 0.3) is 0 Å². The Morgan fingerprint density at radius 2 is 1.69 bits per heavy atom. The van der Waals surface area contributed by atoms with Crippen molar-refractivity contribution < 1.29 is 36.2 Å². The van der Waals surface area contributed by atoms with Crippen molar-refractivity contribution in [1.29, 1.82) is 0 Å². The van der Waals surface area contributed by atoms with Crippen LogP contribution in [0.25, 0.3) is 11.4 Å². The molecule has 0 aliphatic heterocycles. The molecule has 0 saturated heterocycles. The maximum Gasteiger partial charge on any atom is 0.416 e. The minimum Gasteiger partial charge on any atom is -0.382 e. The number of nitrogens with zero attached hydrogens (tertiary/aromatic N) is 3. The van der Waals surface area contributed by atoms with E-state index >= 15 is 0 Å². The third-order valence-electron chi connectivity index (χ3n) is 5.16. The van der Waals surface area contributed by atoms with E-state index in [1.54, 1.807) is 0 Å². The Morgan fingerprint density at radius 3 is 2.28 bits per heavy atom. The molecular formula is C22H19ClF6N4O3. The van der Waals surface area contributed by atoms with Crippen molar-refractivity contribution in [2.45, 2.75) is 44.5 Å². The van der Waals surface area contributed by atoms with Crippen molar-refractivity contribution in [2.24, 2.45) is 0 Å². The van der Waals surface area contributed by atoms with Crippen LogP contribution < -0.4 is 11.0 Å². The fourth-order valence-electron chi connectivity index (χ4n) is 3.43. The summed E-state index contributed by atoms with van der Waals surface area (Å²) >= 11 is 5.82. The molecule has 0 spiro atoms. The molecule has 2 N–H and O–H groups in total.